The van der Waals surface area contributed by atoms with E-state index in [9.17, 15) is 0 Å². The molecule has 1 aromatic heterocycles. The van der Waals surface area contributed by atoms with Crippen molar-refractivity contribution in [3.05, 3.63) is 10.8 Å². The molecule has 1 unspecified atom stereocenters. The molecule has 0 amide bonds. The summed E-state index contributed by atoms with van der Waals surface area (Å²) >= 11 is 3.57. The van der Waals surface area contributed by atoms with E-state index in [4.69, 9.17) is 0 Å². The van der Waals surface area contributed by atoms with E-state index in [0.29, 0.717) is 5.92 Å². The first-order chi connectivity index (χ1) is 8.13. The number of hydrogen-bond acceptors (Lipinski definition) is 4. The Labute approximate surface area is 112 Å². The molecule has 4 nitrogen and oxygen atoms in total. The van der Waals surface area contributed by atoms with Crippen LogP contribution in [-0.2, 0) is 0 Å². The molecule has 1 atom stereocenters. The number of halogens is 1. The van der Waals surface area contributed by atoms with Gasteiger partial charge in [-0.25, -0.2) is 9.97 Å². The van der Waals surface area contributed by atoms with Gasteiger partial charge in [-0.15, -0.1) is 0 Å². The molecule has 0 aliphatic rings. The lowest BCUT2D eigenvalue weighted by atomic mass is 10.1. The highest BCUT2D eigenvalue weighted by Crippen LogP contribution is 2.29. The van der Waals surface area contributed by atoms with E-state index in [-0.39, 0.29) is 0 Å². The Balaban J connectivity index is 2.95. The fourth-order valence-corrected chi connectivity index (χ4v) is 2.28. The van der Waals surface area contributed by atoms with Gasteiger partial charge < -0.3 is 10.2 Å². The predicted octanol–water partition coefficient (Wildman–Crippen LogP) is 3.15. The van der Waals surface area contributed by atoms with Crippen LogP contribution in [0.1, 0.15) is 27.2 Å². The Bertz CT molecular complexity index is 356. The zero-order valence-corrected chi connectivity index (χ0v) is 12.6. The van der Waals surface area contributed by atoms with Crippen molar-refractivity contribution in [1.29, 1.82) is 0 Å². The van der Waals surface area contributed by atoms with Gasteiger partial charge >= 0.3 is 0 Å². The van der Waals surface area contributed by atoms with E-state index in [1.807, 2.05) is 7.05 Å². The van der Waals surface area contributed by atoms with Crippen molar-refractivity contribution >= 4 is 27.6 Å². The van der Waals surface area contributed by atoms with Crippen LogP contribution in [0.3, 0.4) is 0 Å². The lowest BCUT2D eigenvalue weighted by molar-refractivity contribution is 0.545. The Kier molecular flexibility index (Phi) is 5.68. The first-order valence-electron chi connectivity index (χ1n) is 6.07. The van der Waals surface area contributed by atoms with Crippen LogP contribution >= 0.6 is 15.9 Å². The zero-order valence-electron chi connectivity index (χ0n) is 11.0. The SMILES string of the molecule is CCC(C)CN(CC)c1ncnc(NC)c1Br. The molecule has 0 spiro atoms. The highest BCUT2D eigenvalue weighted by atomic mass is 79.9. The Morgan fingerprint density at radius 1 is 1.41 bits per heavy atom. The highest BCUT2D eigenvalue weighted by Gasteiger charge is 2.15. The zero-order chi connectivity index (χ0) is 12.8. The van der Waals surface area contributed by atoms with E-state index < -0.39 is 0 Å². The summed E-state index contributed by atoms with van der Waals surface area (Å²) in [6.45, 7) is 8.59. The molecule has 0 bridgehead atoms. The Morgan fingerprint density at radius 2 is 2.12 bits per heavy atom. The third-order valence-electron chi connectivity index (χ3n) is 2.92. The van der Waals surface area contributed by atoms with Crippen LogP contribution in [0.4, 0.5) is 11.6 Å². The van der Waals surface area contributed by atoms with Gasteiger partial charge in [0, 0.05) is 20.1 Å². The number of nitrogens with one attached hydrogen (secondary N) is 1. The van der Waals surface area contributed by atoms with Crippen LogP contribution in [0.5, 0.6) is 0 Å². The van der Waals surface area contributed by atoms with Gasteiger partial charge in [0.15, 0.2) is 0 Å². The first kappa shape index (κ1) is 14.2. The average Bonchev–Trinajstić information content (AvgIpc) is 2.36. The second-order valence-corrected chi connectivity index (χ2v) is 4.95. The van der Waals surface area contributed by atoms with E-state index in [0.717, 1.165) is 29.2 Å². The van der Waals surface area contributed by atoms with Gasteiger partial charge in [-0.2, -0.15) is 0 Å². The topological polar surface area (TPSA) is 41.1 Å². The summed E-state index contributed by atoms with van der Waals surface area (Å²) in [5.41, 5.74) is 0. The van der Waals surface area contributed by atoms with Crippen molar-refractivity contribution in [2.24, 2.45) is 5.92 Å². The molecule has 0 aliphatic carbocycles. The third-order valence-corrected chi connectivity index (χ3v) is 3.65. The van der Waals surface area contributed by atoms with Gasteiger partial charge in [0.2, 0.25) is 0 Å². The standard InChI is InChI=1S/C12H21BrN4/c1-5-9(3)7-17(6-2)12-10(13)11(14-4)15-8-16-12/h8-9H,5-7H2,1-4H3,(H,14,15,16). The minimum absolute atomic E-state index is 0.662. The molecular formula is C12H21BrN4. The second-order valence-electron chi connectivity index (χ2n) is 4.16. The molecule has 0 saturated heterocycles. The van der Waals surface area contributed by atoms with Crippen LogP contribution in [0.25, 0.3) is 0 Å². The van der Waals surface area contributed by atoms with E-state index in [2.05, 4.69) is 56.9 Å². The van der Waals surface area contributed by atoms with Crippen LogP contribution in [0.2, 0.25) is 0 Å². The maximum absolute atomic E-state index is 4.37. The van der Waals surface area contributed by atoms with Crippen molar-refractivity contribution in [3.8, 4) is 0 Å². The Morgan fingerprint density at radius 3 is 2.65 bits per heavy atom. The third kappa shape index (κ3) is 3.56. The van der Waals surface area contributed by atoms with E-state index in [1.165, 1.54) is 6.42 Å². The van der Waals surface area contributed by atoms with Crippen molar-refractivity contribution < 1.29 is 0 Å². The molecule has 0 saturated carbocycles. The maximum Gasteiger partial charge on any atom is 0.148 e. The maximum atomic E-state index is 4.37. The molecular weight excluding hydrogens is 280 g/mol. The van der Waals surface area contributed by atoms with Gasteiger partial charge in [0.1, 0.15) is 22.4 Å². The Hall–Kier alpha value is -0.840. The molecule has 0 aliphatic heterocycles. The minimum atomic E-state index is 0.662. The van der Waals surface area contributed by atoms with Crippen molar-refractivity contribution in [3.63, 3.8) is 0 Å². The molecule has 5 heteroatoms. The summed E-state index contributed by atoms with van der Waals surface area (Å²) in [5.74, 6) is 2.46. The summed E-state index contributed by atoms with van der Waals surface area (Å²) in [5, 5.41) is 3.06. The number of anilines is 2. The van der Waals surface area contributed by atoms with Crippen LogP contribution < -0.4 is 10.2 Å². The molecule has 1 N–H and O–H groups in total. The summed E-state index contributed by atoms with van der Waals surface area (Å²) in [4.78, 5) is 10.8. The van der Waals surface area contributed by atoms with E-state index >= 15 is 0 Å². The van der Waals surface area contributed by atoms with Crippen LogP contribution in [-0.4, -0.2) is 30.1 Å². The lowest BCUT2D eigenvalue weighted by Crippen LogP contribution is -2.29. The fourth-order valence-electron chi connectivity index (χ4n) is 1.63. The lowest BCUT2D eigenvalue weighted by Gasteiger charge is -2.26. The average molecular weight is 301 g/mol. The van der Waals surface area contributed by atoms with Crippen LogP contribution in [0.15, 0.2) is 10.8 Å². The molecule has 1 rings (SSSR count). The van der Waals surface area contributed by atoms with Crippen molar-refractivity contribution in [2.45, 2.75) is 27.2 Å². The van der Waals surface area contributed by atoms with Gasteiger partial charge in [0.05, 0.1) is 0 Å². The number of hydrogen-bond donors (Lipinski definition) is 1. The summed E-state index contributed by atoms with van der Waals surface area (Å²) in [6.07, 6.45) is 2.78. The fraction of sp³-hybridized carbons (Fsp3) is 0.667. The van der Waals surface area contributed by atoms with Gasteiger partial charge in [-0.1, -0.05) is 20.3 Å². The molecule has 0 fully saturated rings. The largest absolute Gasteiger partial charge is 0.372 e. The van der Waals surface area contributed by atoms with Crippen LogP contribution in [0, 0.1) is 5.92 Å². The predicted molar refractivity (Wildman–Crippen MR) is 76.6 cm³/mol. The molecule has 1 aromatic rings. The van der Waals surface area contributed by atoms with Gasteiger partial charge in [0.25, 0.3) is 0 Å². The number of nitrogens with zero attached hydrogens (tertiary/aromatic N) is 3. The molecule has 0 radical (unpaired) electrons. The van der Waals surface area contributed by atoms with E-state index in [1.54, 1.807) is 6.33 Å². The highest BCUT2D eigenvalue weighted by molar-refractivity contribution is 9.10. The number of aromatic nitrogens is 2. The smallest absolute Gasteiger partial charge is 0.148 e. The molecule has 17 heavy (non-hydrogen) atoms. The normalized spacial score (nSPS) is 12.3. The summed E-state index contributed by atoms with van der Waals surface area (Å²) in [6, 6.07) is 0. The molecule has 96 valence electrons. The first-order valence-corrected chi connectivity index (χ1v) is 6.86. The molecule has 1 heterocycles. The van der Waals surface area contributed by atoms with Crippen molar-refractivity contribution in [2.75, 3.05) is 30.4 Å². The molecule has 0 aromatic carbocycles. The monoisotopic (exact) mass is 300 g/mol. The number of rotatable bonds is 6. The minimum Gasteiger partial charge on any atom is -0.372 e. The second kappa shape index (κ2) is 6.79. The van der Waals surface area contributed by atoms with Gasteiger partial charge in [-0.3, -0.25) is 0 Å². The summed E-state index contributed by atoms with van der Waals surface area (Å²) < 4.78 is 0.938. The van der Waals surface area contributed by atoms with Crippen molar-refractivity contribution in [1.82, 2.24) is 9.97 Å². The quantitative estimate of drug-likeness (QED) is 0.876. The van der Waals surface area contributed by atoms with Gasteiger partial charge in [-0.05, 0) is 28.8 Å². The summed E-state index contributed by atoms with van der Waals surface area (Å²) in [7, 11) is 1.86.